The number of nitrogens with one attached hydrogen (secondary N) is 1. The van der Waals surface area contributed by atoms with Crippen molar-refractivity contribution >= 4 is 11.6 Å². The fourth-order valence-electron chi connectivity index (χ4n) is 1.87. The van der Waals surface area contributed by atoms with Gasteiger partial charge in [-0.1, -0.05) is 12.1 Å². The van der Waals surface area contributed by atoms with Crippen molar-refractivity contribution in [3.8, 4) is 11.5 Å². The molecule has 0 aromatic heterocycles. The van der Waals surface area contributed by atoms with Gasteiger partial charge >= 0.3 is 0 Å². The van der Waals surface area contributed by atoms with Crippen LogP contribution in [0.2, 0.25) is 0 Å². The van der Waals surface area contributed by atoms with Gasteiger partial charge in [0.15, 0.2) is 0 Å². The van der Waals surface area contributed by atoms with E-state index in [4.69, 9.17) is 9.47 Å². The van der Waals surface area contributed by atoms with Gasteiger partial charge in [-0.2, -0.15) is 0 Å². The van der Waals surface area contributed by atoms with Gasteiger partial charge in [0.1, 0.15) is 17.3 Å². The number of rotatable bonds is 7. The molecule has 0 atom stereocenters. The number of methoxy groups -OCH3 is 1. The van der Waals surface area contributed by atoms with E-state index < -0.39 is 5.82 Å². The molecule has 0 saturated heterocycles. The lowest BCUT2D eigenvalue weighted by Gasteiger charge is -2.08. The zero-order chi connectivity index (χ0) is 15.8. The zero-order valence-electron chi connectivity index (χ0n) is 12.3. The zero-order valence-corrected chi connectivity index (χ0v) is 12.3. The minimum absolute atomic E-state index is 0.198. The van der Waals surface area contributed by atoms with Crippen LogP contribution < -0.4 is 14.8 Å². The Morgan fingerprint density at radius 1 is 1.09 bits per heavy atom. The van der Waals surface area contributed by atoms with Crippen LogP contribution in [0.5, 0.6) is 11.5 Å². The Hall–Kier alpha value is -2.56. The number of hydrogen-bond acceptors (Lipinski definition) is 3. The van der Waals surface area contributed by atoms with Crippen molar-refractivity contribution in [2.45, 2.75) is 12.8 Å². The van der Waals surface area contributed by atoms with Crippen molar-refractivity contribution < 1.29 is 18.7 Å². The summed E-state index contributed by atoms with van der Waals surface area (Å²) < 4.78 is 23.9. The summed E-state index contributed by atoms with van der Waals surface area (Å²) in [6.07, 6.45) is 0.816. The van der Waals surface area contributed by atoms with Crippen molar-refractivity contribution in [1.29, 1.82) is 0 Å². The highest BCUT2D eigenvalue weighted by molar-refractivity contribution is 5.90. The maximum absolute atomic E-state index is 13.4. The van der Waals surface area contributed by atoms with Crippen LogP contribution in [0.1, 0.15) is 12.8 Å². The highest BCUT2D eigenvalue weighted by atomic mass is 19.1. The Morgan fingerprint density at radius 3 is 2.45 bits per heavy atom. The first-order chi connectivity index (χ1) is 10.7. The normalized spacial score (nSPS) is 10.1. The maximum atomic E-state index is 13.4. The first-order valence-electron chi connectivity index (χ1n) is 7.00. The minimum atomic E-state index is -0.440. The Kier molecular flexibility index (Phi) is 5.77. The van der Waals surface area contributed by atoms with Gasteiger partial charge < -0.3 is 14.8 Å². The summed E-state index contributed by atoms with van der Waals surface area (Å²) in [5.74, 6) is 0.806. The largest absolute Gasteiger partial charge is 0.497 e. The fraction of sp³-hybridized carbons (Fsp3) is 0.235. The highest BCUT2D eigenvalue weighted by Gasteiger charge is 2.06. The van der Waals surface area contributed by atoms with Gasteiger partial charge in [-0.3, -0.25) is 4.79 Å². The summed E-state index contributed by atoms with van der Waals surface area (Å²) in [4.78, 5) is 11.7. The number of ether oxygens (including phenoxy) is 2. The quantitative estimate of drug-likeness (QED) is 0.795. The van der Waals surface area contributed by atoms with Crippen molar-refractivity contribution in [3.05, 3.63) is 54.3 Å². The van der Waals surface area contributed by atoms with E-state index in [1.807, 2.05) is 0 Å². The molecule has 4 nitrogen and oxygen atoms in total. The number of anilines is 1. The predicted molar refractivity (Wildman–Crippen MR) is 82.8 cm³/mol. The van der Waals surface area contributed by atoms with E-state index in [9.17, 15) is 9.18 Å². The van der Waals surface area contributed by atoms with Gasteiger partial charge in [0.2, 0.25) is 5.91 Å². The molecule has 0 spiro atoms. The van der Waals surface area contributed by atoms with Crippen molar-refractivity contribution in [3.63, 3.8) is 0 Å². The number of halogens is 1. The monoisotopic (exact) mass is 303 g/mol. The molecule has 2 rings (SSSR count). The van der Waals surface area contributed by atoms with Gasteiger partial charge in [-0.25, -0.2) is 4.39 Å². The average Bonchev–Trinajstić information content (AvgIpc) is 2.54. The predicted octanol–water partition coefficient (Wildman–Crippen LogP) is 3.63. The second kappa shape index (κ2) is 8.02. The van der Waals surface area contributed by atoms with Gasteiger partial charge in [0, 0.05) is 6.42 Å². The first-order valence-corrected chi connectivity index (χ1v) is 7.00. The Labute approximate surface area is 128 Å². The van der Waals surface area contributed by atoms with E-state index in [0.29, 0.717) is 13.0 Å². The molecule has 0 aliphatic heterocycles. The summed E-state index contributed by atoms with van der Waals surface area (Å²) in [6.45, 7) is 0.414. The molecule has 1 N–H and O–H groups in total. The molecule has 0 heterocycles. The number of benzene rings is 2. The van der Waals surface area contributed by atoms with Crippen molar-refractivity contribution in [2.75, 3.05) is 19.0 Å². The maximum Gasteiger partial charge on any atom is 0.224 e. The fourth-order valence-corrected chi connectivity index (χ4v) is 1.87. The van der Waals surface area contributed by atoms with Crippen LogP contribution in [0.25, 0.3) is 0 Å². The Balaban J connectivity index is 1.69. The van der Waals surface area contributed by atoms with Crippen LogP contribution in [0.15, 0.2) is 48.5 Å². The van der Waals surface area contributed by atoms with Crippen molar-refractivity contribution in [1.82, 2.24) is 0 Å². The molecule has 0 saturated carbocycles. The van der Waals surface area contributed by atoms with E-state index >= 15 is 0 Å². The molecular formula is C17H18FNO3. The first kappa shape index (κ1) is 15.8. The van der Waals surface area contributed by atoms with Crippen LogP contribution in [-0.2, 0) is 4.79 Å². The van der Waals surface area contributed by atoms with E-state index in [0.717, 1.165) is 11.5 Å². The molecule has 5 heteroatoms. The number of hydrogen-bond donors (Lipinski definition) is 1. The molecule has 0 aliphatic carbocycles. The van der Waals surface area contributed by atoms with Crippen LogP contribution in [0.4, 0.5) is 10.1 Å². The molecule has 22 heavy (non-hydrogen) atoms. The second-order valence-corrected chi connectivity index (χ2v) is 4.66. The Bertz CT molecular complexity index is 614. The van der Waals surface area contributed by atoms with Crippen LogP contribution in [-0.4, -0.2) is 19.6 Å². The molecular weight excluding hydrogens is 285 g/mol. The summed E-state index contributed by atoms with van der Waals surface area (Å²) in [6, 6.07) is 13.3. The molecule has 0 radical (unpaired) electrons. The van der Waals surface area contributed by atoms with E-state index in [1.165, 1.54) is 12.1 Å². The number of para-hydroxylation sites is 1. The summed E-state index contributed by atoms with van der Waals surface area (Å²) in [7, 11) is 1.60. The van der Waals surface area contributed by atoms with Gasteiger partial charge in [-0.05, 0) is 42.8 Å². The number of amides is 1. The van der Waals surface area contributed by atoms with Crippen molar-refractivity contribution in [2.24, 2.45) is 0 Å². The highest BCUT2D eigenvalue weighted by Crippen LogP contribution is 2.17. The van der Waals surface area contributed by atoms with E-state index in [2.05, 4.69) is 5.32 Å². The third-order valence-electron chi connectivity index (χ3n) is 3.02. The van der Waals surface area contributed by atoms with E-state index in [-0.39, 0.29) is 18.0 Å². The summed E-state index contributed by atoms with van der Waals surface area (Å²) >= 11 is 0. The van der Waals surface area contributed by atoms with Gasteiger partial charge in [0.25, 0.3) is 0 Å². The summed E-state index contributed by atoms with van der Waals surface area (Å²) in [5, 5.41) is 2.54. The van der Waals surface area contributed by atoms with E-state index in [1.54, 1.807) is 43.5 Å². The lowest BCUT2D eigenvalue weighted by atomic mass is 10.2. The lowest BCUT2D eigenvalue weighted by Crippen LogP contribution is -2.13. The molecule has 2 aromatic carbocycles. The summed E-state index contributed by atoms with van der Waals surface area (Å²) in [5.41, 5.74) is 0.198. The third-order valence-corrected chi connectivity index (χ3v) is 3.02. The smallest absolute Gasteiger partial charge is 0.224 e. The third kappa shape index (κ3) is 4.77. The van der Waals surface area contributed by atoms with Crippen LogP contribution in [0.3, 0.4) is 0 Å². The topological polar surface area (TPSA) is 47.6 Å². The molecule has 0 aliphatic rings. The molecule has 2 aromatic rings. The number of carbonyl (C=O) groups excluding carboxylic acids is 1. The number of carbonyl (C=O) groups is 1. The lowest BCUT2D eigenvalue weighted by molar-refractivity contribution is -0.116. The molecule has 0 fully saturated rings. The van der Waals surface area contributed by atoms with Crippen LogP contribution >= 0.6 is 0 Å². The van der Waals surface area contributed by atoms with Gasteiger partial charge in [-0.15, -0.1) is 0 Å². The minimum Gasteiger partial charge on any atom is -0.497 e. The van der Waals surface area contributed by atoms with Gasteiger partial charge in [0.05, 0.1) is 19.4 Å². The van der Waals surface area contributed by atoms with Crippen LogP contribution in [0, 0.1) is 5.82 Å². The molecule has 1 amide bonds. The molecule has 116 valence electrons. The SMILES string of the molecule is COc1ccc(OCCCC(=O)Nc2ccccc2F)cc1. The molecule has 0 bridgehead atoms. The molecule has 0 unspecified atom stereocenters. The average molecular weight is 303 g/mol. The second-order valence-electron chi connectivity index (χ2n) is 4.66. The Morgan fingerprint density at radius 2 is 1.77 bits per heavy atom. The standard InChI is InChI=1S/C17H18FNO3/c1-21-13-8-10-14(11-9-13)22-12-4-7-17(20)19-16-6-3-2-5-15(16)18/h2-3,5-6,8-11H,4,7,12H2,1H3,(H,19,20).